The molecule has 182 valence electrons. The second-order valence-electron chi connectivity index (χ2n) is 8.02. The zero-order valence-electron chi connectivity index (χ0n) is 19.6. The number of halogens is 2. The number of hydrogen-bond donors (Lipinski definition) is 1. The van der Waals surface area contributed by atoms with Gasteiger partial charge in [0, 0.05) is 18.3 Å². The number of nitrogens with zero attached hydrogens (tertiary/aromatic N) is 1. The van der Waals surface area contributed by atoms with E-state index in [1.54, 1.807) is 38.4 Å². The predicted molar refractivity (Wildman–Crippen MR) is 130 cm³/mol. The minimum Gasteiger partial charge on any atom is -0.497 e. The first kappa shape index (κ1) is 24.3. The van der Waals surface area contributed by atoms with Gasteiger partial charge in [0.1, 0.15) is 11.6 Å². The van der Waals surface area contributed by atoms with Crippen molar-refractivity contribution in [1.29, 1.82) is 0 Å². The van der Waals surface area contributed by atoms with Crippen LogP contribution in [-0.2, 0) is 4.79 Å². The minimum atomic E-state index is -0.829. The van der Waals surface area contributed by atoms with E-state index in [1.807, 2.05) is 12.1 Å². The predicted octanol–water partition coefficient (Wildman–Crippen LogP) is 5.05. The topological polar surface area (TPSA) is 77.1 Å². The van der Waals surface area contributed by atoms with Crippen molar-refractivity contribution in [2.24, 2.45) is 0 Å². The van der Waals surface area contributed by atoms with Crippen LogP contribution in [0.5, 0.6) is 17.2 Å². The molecule has 0 fully saturated rings. The summed E-state index contributed by atoms with van der Waals surface area (Å²) in [5.74, 6) is -0.681. The van der Waals surface area contributed by atoms with Crippen molar-refractivity contribution in [2.75, 3.05) is 33.7 Å². The van der Waals surface area contributed by atoms with E-state index in [1.165, 1.54) is 37.3 Å². The summed E-state index contributed by atoms with van der Waals surface area (Å²) in [6.07, 6.45) is 0. The van der Waals surface area contributed by atoms with Gasteiger partial charge in [-0.1, -0.05) is 23.7 Å². The number of anilines is 1. The average Bonchev–Trinajstić information content (AvgIpc) is 2.87. The lowest BCUT2D eigenvalue weighted by molar-refractivity contribution is -0.119. The maximum absolute atomic E-state index is 13.8. The van der Waals surface area contributed by atoms with Gasteiger partial charge in [-0.2, -0.15) is 0 Å². The molecule has 7 nitrogen and oxygen atoms in total. The molecule has 3 aromatic rings. The molecule has 2 atom stereocenters. The smallest absolute Gasteiger partial charge is 0.254 e. The van der Waals surface area contributed by atoms with Gasteiger partial charge in [-0.25, -0.2) is 4.39 Å². The van der Waals surface area contributed by atoms with Gasteiger partial charge in [0.05, 0.1) is 38.3 Å². The van der Waals surface area contributed by atoms with Crippen molar-refractivity contribution in [1.82, 2.24) is 4.90 Å². The largest absolute Gasteiger partial charge is 0.497 e. The molecule has 9 heteroatoms. The Morgan fingerprint density at radius 2 is 1.63 bits per heavy atom. The maximum Gasteiger partial charge on any atom is 0.254 e. The van der Waals surface area contributed by atoms with E-state index in [0.717, 1.165) is 5.56 Å². The van der Waals surface area contributed by atoms with Crippen molar-refractivity contribution in [3.05, 3.63) is 82.1 Å². The molecule has 0 spiro atoms. The van der Waals surface area contributed by atoms with Gasteiger partial charge in [0.2, 0.25) is 5.91 Å². The number of nitrogens with one attached hydrogen (secondary N) is 1. The SMILES string of the molecule is COc1ccc([C@@H]2[C@H](C(=O)Nc3ccc(F)c(Cl)c3)c3cc(OC)c(OC)cc3C(=O)N2C)cc1. The van der Waals surface area contributed by atoms with Gasteiger partial charge in [-0.05, 0) is 53.6 Å². The average molecular weight is 499 g/mol. The maximum atomic E-state index is 13.8. The Labute approximate surface area is 207 Å². The van der Waals surface area contributed by atoms with Crippen LogP contribution in [0.2, 0.25) is 5.02 Å². The third-order valence-electron chi connectivity index (χ3n) is 6.10. The Kier molecular flexibility index (Phi) is 6.84. The molecular weight excluding hydrogens is 475 g/mol. The lowest BCUT2D eigenvalue weighted by Gasteiger charge is -2.40. The highest BCUT2D eigenvalue weighted by molar-refractivity contribution is 6.31. The number of fused-ring (bicyclic) bond motifs is 1. The first-order chi connectivity index (χ1) is 16.8. The minimum absolute atomic E-state index is 0.114. The molecule has 0 aliphatic carbocycles. The van der Waals surface area contributed by atoms with Crippen LogP contribution in [0.15, 0.2) is 54.6 Å². The van der Waals surface area contributed by atoms with Crippen LogP contribution in [0.25, 0.3) is 0 Å². The standard InChI is InChI=1S/C26H24ClFN2O5/c1-30-24(14-5-8-16(33-2)9-6-14)23(25(31)29-15-7-10-20(28)19(27)11-15)17-12-21(34-3)22(35-4)13-18(17)26(30)32/h5-13,23-24H,1-4H3,(H,29,31)/t23-,24-/m1/s1. The number of ether oxygens (including phenoxy) is 3. The van der Waals surface area contributed by atoms with Crippen molar-refractivity contribution in [2.45, 2.75) is 12.0 Å². The van der Waals surface area contributed by atoms with Crippen LogP contribution in [0.4, 0.5) is 10.1 Å². The number of benzene rings is 3. The zero-order valence-corrected chi connectivity index (χ0v) is 20.4. The van der Waals surface area contributed by atoms with Crippen LogP contribution in [-0.4, -0.2) is 45.1 Å². The molecule has 0 radical (unpaired) electrons. The van der Waals surface area contributed by atoms with E-state index < -0.39 is 23.7 Å². The molecular formula is C26H24ClFN2O5. The lowest BCUT2D eigenvalue weighted by atomic mass is 9.79. The lowest BCUT2D eigenvalue weighted by Crippen LogP contribution is -2.44. The van der Waals surface area contributed by atoms with Gasteiger partial charge >= 0.3 is 0 Å². The number of amides is 2. The highest BCUT2D eigenvalue weighted by Crippen LogP contribution is 2.46. The Balaban J connectivity index is 1.86. The molecule has 4 rings (SSSR count). The number of rotatable bonds is 6. The van der Waals surface area contributed by atoms with Crippen molar-refractivity contribution in [3.63, 3.8) is 0 Å². The number of methoxy groups -OCH3 is 3. The molecule has 0 unspecified atom stereocenters. The summed E-state index contributed by atoms with van der Waals surface area (Å²) >= 11 is 5.91. The molecule has 2 amide bonds. The summed E-state index contributed by atoms with van der Waals surface area (Å²) in [6.45, 7) is 0. The Hall–Kier alpha value is -3.78. The van der Waals surface area contributed by atoms with Gasteiger partial charge in [-0.15, -0.1) is 0 Å². The summed E-state index contributed by atoms with van der Waals surface area (Å²) in [5, 5.41) is 2.71. The highest BCUT2D eigenvalue weighted by Gasteiger charge is 2.43. The number of carbonyl (C=O) groups is 2. The summed E-state index contributed by atoms with van der Waals surface area (Å²) in [7, 11) is 6.17. The van der Waals surface area contributed by atoms with Gasteiger partial charge in [0.25, 0.3) is 5.91 Å². The summed E-state index contributed by atoms with van der Waals surface area (Å²) in [5.41, 5.74) is 1.88. The number of carbonyl (C=O) groups excluding carboxylic acids is 2. The van der Waals surface area contributed by atoms with E-state index in [2.05, 4.69) is 5.32 Å². The molecule has 1 aliphatic rings. The van der Waals surface area contributed by atoms with Crippen molar-refractivity contribution < 1.29 is 28.2 Å². The zero-order chi connectivity index (χ0) is 25.3. The molecule has 1 heterocycles. The first-order valence-electron chi connectivity index (χ1n) is 10.7. The molecule has 35 heavy (non-hydrogen) atoms. The quantitative estimate of drug-likeness (QED) is 0.514. The van der Waals surface area contributed by atoms with Gasteiger partial charge in [0.15, 0.2) is 11.5 Å². The molecule has 0 saturated heterocycles. The Morgan fingerprint density at radius 3 is 2.23 bits per heavy atom. The van der Waals surface area contributed by atoms with E-state index in [-0.39, 0.29) is 10.9 Å². The monoisotopic (exact) mass is 498 g/mol. The number of hydrogen-bond acceptors (Lipinski definition) is 5. The van der Waals surface area contributed by atoms with E-state index in [9.17, 15) is 14.0 Å². The fourth-order valence-corrected chi connectivity index (χ4v) is 4.52. The van der Waals surface area contributed by atoms with Crippen LogP contribution in [0.3, 0.4) is 0 Å². The first-order valence-corrected chi connectivity index (χ1v) is 11.1. The van der Waals surface area contributed by atoms with Crippen LogP contribution >= 0.6 is 11.6 Å². The molecule has 1 N–H and O–H groups in total. The van der Waals surface area contributed by atoms with E-state index in [4.69, 9.17) is 25.8 Å². The summed E-state index contributed by atoms with van der Waals surface area (Å²) in [4.78, 5) is 28.7. The highest BCUT2D eigenvalue weighted by atomic mass is 35.5. The van der Waals surface area contributed by atoms with E-state index in [0.29, 0.717) is 34.1 Å². The number of likely N-dealkylation sites (N-methyl/N-ethyl adjacent to an activating group) is 1. The molecule has 0 bridgehead atoms. The van der Waals surface area contributed by atoms with Gasteiger partial charge < -0.3 is 24.4 Å². The Bertz CT molecular complexity index is 1280. The van der Waals surface area contributed by atoms with E-state index >= 15 is 0 Å². The van der Waals surface area contributed by atoms with Gasteiger partial charge in [-0.3, -0.25) is 9.59 Å². The fraction of sp³-hybridized carbons (Fsp3) is 0.231. The third-order valence-corrected chi connectivity index (χ3v) is 6.39. The Morgan fingerprint density at radius 1 is 0.971 bits per heavy atom. The van der Waals surface area contributed by atoms with Crippen molar-refractivity contribution >= 4 is 29.1 Å². The summed E-state index contributed by atoms with van der Waals surface area (Å²) < 4.78 is 29.7. The van der Waals surface area contributed by atoms with Crippen molar-refractivity contribution in [3.8, 4) is 17.2 Å². The molecule has 3 aromatic carbocycles. The van der Waals surface area contributed by atoms with Crippen LogP contribution < -0.4 is 19.5 Å². The second kappa shape index (κ2) is 9.84. The molecule has 1 aliphatic heterocycles. The fourth-order valence-electron chi connectivity index (χ4n) is 4.34. The summed E-state index contributed by atoms with van der Waals surface area (Å²) in [6, 6.07) is 13.7. The molecule has 0 aromatic heterocycles. The molecule has 0 saturated carbocycles. The normalized spacial score (nSPS) is 17.0. The second-order valence-corrected chi connectivity index (χ2v) is 8.43. The van der Waals surface area contributed by atoms with Crippen LogP contribution in [0.1, 0.15) is 33.4 Å². The third kappa shape index (κ3) is 4.49. The van der Waals surface area contributed by atoms with Crippen LogP contribution in [0, 0.1) is 5.82 Å².